The number of hydrogen-bond donors (Lipinski definition) is 1. The van der Waals surface area contributed by atoms with Gasteiger partial charge in [-0.25, -0.2) is 4.98 Å². The van der Waals surface area contributed by atoms with Crippen LogP contribution in [0.25, 0.3) is 0 Å². The van der Waals surface area contributed by atoms with Crippen LogP contribution in [0.4, 0.5) is 0 Å². The van der Waals surface area contributed by atoms with Gasteiger partial charge in [0, 0.05) is 24.9 Å². The molecule has 0 aromatic carbocycles. The van der Waals surface area contributed by atoms with Crippen LogP contribution in [0.15, 0.2) is 21.3 Å². The number of rotatable bonds is 2. The summed E-state index contributed by atoms with van der Waals surface area (Å²) in [6.07, 6.45) is 0.806. The Labute approximate surface area is 143 Å². The van der Waals surface area contributed by atoms with Gasteiger partial charge < -0.3 is 9.40 Å². The van der Waals surface area contributed by atoms with Gasteiger partial charge in [-0.3, -0.25) is 9.69 Å². The molecule has 0 amide bonds. The summed E-state index contributed by atoms with van der Waals surface area (Å²) in [5.74, 6) is 1.70. The van der Waals surface area contributed by atoms with Gasteiger partial charge in [0.2, 0.25) is 0 Å². The maximum Gasteiger partial charge on any atom is 0.255 e. The van der Waals surface area contributed by atoms with Crippen LogP contribution >= 0.6 is 22.6 Å². The lowest BCUT2D eigenvalue weighted by Crippen LogP contribution is -2.37. The van der Waals surface area contributed by atoms with Crippen LogP contribution in [0, 0.1) is 3.77 Å². The smallest absolute Gasteiger partial charge is 0.255 e. The zero-order chi connectivity index (χ0) is 15.9. The fraction of sp³-hybridized carbons (Fsp3) is 0.500. The fourth-order valence-electron chi connectivity index (χ4n) is 2.63. The standard InChI is InChI=1S/C16H20IN3O2/c1-16(2,3)15-18-12-6-7-20(9-11(12)14(21)19-15)8-10-4-5-13(17)22-10/h4-5H,6-9H2,1-3H3,(H,18,19,21). The molecule has 22 heavy (non-hydrogen) atoms. The second-order valence-corrected chi connectivity index (χ2v) is 7.82. The molecule has 1 aliphatic rings. The van der Waals surface area contributed by atoms with E-state index in [1.54, 1.807) is 0 Å². The van der Waals surface area contributed by atoms with Gasteiger partial charge in [0.05, 0.1) is 17.8 Å². The number of nitrogens with zero attached hydrogens (tertiary/aromatic N) is 2. The van der Waals surface area contributed by atoms with E-state index in [1.807, 2.05) is 12.1 Å². The SMILES string of the molecule is CC(C)(C)c1nc2c(c(=O)[nH]1)CN(Cc1ccc(I)o1)CC2. The molecule has 3 rings (SSSR count). The third kappa shape index (κ3) is 3.27. The van der Waals surface area contributed by atoms with Crippen LogP contribution in [0.2, 0.25) is 0 Å². The van der Waals surface area contributed by atoms with Gasteiger partial charge in [-0.05, 0) is 34.7 Å². The molecule has 2 aromatic heterocycles. The van der Waals surface area contributed by atoms with Crippen LogP contribution in [0.3, 0.4) is 0 Å². The van der Waals surface area contributed by atoms with E-state index < -0.39 is 0 Å². The summed E-state index contributed by atoms with van der Waals surface area (Å²) in [7, 11) is 0. The first-order valence-electron chi connectivity index (χ1n) is 7.42. The largest absolute Gasteiger partial charge is 0.454 e. The van der Waals surface area contributed by atoms with Crippen molar-refractivity contribution in [3.05, 3.63) is 49.1 Å². The number of nitrogens with one attached hydrogen (secondary N) is 1. The van der Waals surface area contributed by atoms with Gasteiger partial charge in [-0.1, -0.05) is 20.8 Å². The first-order valence-corrected chi connectivity index (χ1v) is 8.50. The molecule has 0 unspecified atom stereocenters. The number of furan rings is 1. The number of aromatic amines is 1. The molecule has 1 aliphatic heterocycles. The van der Waals surface area contributed by atoms with Gasteiger partial charge in [-0.15, -0.1) is 0 Å². The quantitative estimate of drug-likeness (QED) is 0.770. The Kier molecular flexibility index (Phi) is 4.15. The van der Waals surface area contributed by atoms with Crippen LogP contribution in [0.1, 0.15) is 43.6 Å². The topological polar surface area (TPSA) is 62.1 Å². The summed E-state index contributed by atoms with van der Waals surface area (Å²) < 4.78 is 6.50. The Morgan fingerprint density at radius 2 is 2.18 bits per heavy atom. The zero-order valence-corrected chi connectivity index (χ0v) is 15.2. The number of aromatic nitrogens is 2. The molecule has 0 radical (unpaired) electrons. The van der Waals surface area contributed by atoms with E-state index in [9.17, 15) is 4.79 Å². The molecule has 0 fully saturated rings. The molecule has 2 aromatic rings. The van der Waals surface area contributed by atoms with Crippen molar-refractivity contribution in [1.29, 1.82) is 0 Å². The van der Waals surface area contributed by atoms with Gasteiger partial charge >= 0.3 is 0 Å². The fourth-order valence-corrected chi connectivity index (χ4v) is 3.09. The molecule has 0 spiro atoms. The first kappa shape index (κ1) is 15.7. The Bertz CT molecular complexity index is 743. The van der Waals surface area contributed by atoms with Crippen LogP contribution in [-0.4, -0.2) is 21.4 Å². The molecular formula is C16H20IN3O2. The lowest BCUT2D eigenvalue weighted by atomic mass is 9.95. The summed E-state index contributed by atoms with van der Waals surface area (Å²) in [6, 6.07) is 3.94. The van der Waals surface area contributed by atoms with E-state index in [0.29, 0.717) is 6.54 Å². The van der Waals surface area contributed by atoms with Crippen molar-refractivity contribution in [1.82, 2.24) is 14.9 Å². The van der Waals surface area contributed by atoms with Crippen molar-refractivity contribution in [3.8, 4) is 0 Å². The van der Waals surface area contributed by atoms with Gasteiger partial charge in [-0.2, -0.15) is 0 Å². The summed E-state index contributed by atoms with van der Waals surface area (Å²) in [4.78, 5) is 22.2. The number of halogens is 1. The van der Waals surface area contributed by atoms with E-state index >= 15 is 0 Å². The molecule has 5 nitrogen and oxygen atoms in total. The number of H-pyrrole nitrogens is 1. The highest BCUT2D eigenvalue weighted by molar-refractivity contribution is 14.1. The predicted octanol–water partition coefficient (Wildman–Crippen LogP) is 2.82. The average Bonchev–Trinajstić information content (AvgIpc) is 2.83. The third-order valence-corrected chi connectivity index (χ3v) is 4.45. The molecule has 0 aliphatic carbocycles. The zero-order valence-electron chi connectivity index (χ0n) is 13.1. The summed E-state index contributed by atoms with van der Waals surface area (Å²) in [5.41, 5.74) is 1.59. The van der Waals surface area contributed by atoms with Gasteiger partial charge in [0.1, 0.15) is 11.6 Å². The monoisotopic (exact) mass is 413 g/mol. The molecule has 0 saturated heterocycles. The lowest BCUT2D eigenvalue weighted by Gasteiger charge is -2.28. The number of hydrogen-bond acceptors (Lipinski definition) is 4. The molecular weight excluding hydrogens is 393 g/mol. The number of fused-ring (bicyclic) bond motifs is 1. The molecule has 0 atom stereocenters. The average molecular weight is 413 g/mol. The Morgan fingerprint density at radius 1 is 1.41 bits per heavy atom. The molecule has 0 saturated carbocycles. The van der Waals surface area contributed by atoms with Crippen molar-refractivity contribution in [2.45, 2.75) is 45.7 Å². The molecule has 0 bridgehead atoms. The van der Waals surface area contributed by atoms with Crippen molar-refractivity contribution in [2.75, 3.05) is 6.54 Å². The van der Waals surface area contributed by atoms with Crippen LogP contribution < -0.4 is 5.56 Å². The van der Waals surface area contributed by atoms with E-state index in [1.165, 1.54) is 0 Å². The van der Waals surface area contributed by atoms with E-state index in [4.69, 9.17) is 4.42 Å². The van der Waals surface area contributed by atoms with Gasteiger partial charge in [0.15, 0.2) is 3.77 Å². The Balaban J connectivity index is 1.83. The van der Waals surface area contributed by atoms with Crippen molar-refractivity contribution < 1.29 is 4.42 Å². The summed E-state index contributed by atoms with van der Waals surface area (Å²) in [5, 5.41) is 0. The first-order chi connectivity index (χ1) is 10.3. The lowest BCUT2D eigenvalue weighted by molar-refractivity contribution is 0.220. The minimum atomic E-state index is -0.143. The minimum Gasteiger partial charge on any atom is -0.454 e. The Morgan fingerprint density at radius 3 is 2.82 bits per heavy atom. The molecule has 1 N–H and O–H groups in total. The Hall–Kier alpha value is -1.15. The van der Waals surface area contributed by atoms with Crippen molar-refractivity contribution >= 4 is 22.6 Å². The molecule has 6 heteroatoms. The normalized spacial score (nSPS) is 15.8. The van der Waals surface area contributed by atoms with E-state index in [-0.39, 0.29) is 11.0 Å². The predicted molar refractivity (Wildman–Crippen MR) is 92.8 cm³/mol. The second-order valence-electron chi connectivity index (χ2n) is 6.76. The van der Waals surface area contributed by atoms with E-state index in [0.717, 1.165) is 46.1 Å². The third-order valence-electron chi connectivity index (χ3n) is 3.87. The summed E-state index contributed by atoms with van der Waals surface area (Å²) in [6.45, 7) is 8.43. The molecule has 118 valence electrons. The highest BCUT2D eigenvalue weighted by Gasteiger charge is 2.25. The maximum absolute atomic E-state index is 12.4. The van der Waals surface area contributed by atoms with Crippen LogP contribution in [-0.2, 0) is 24.9 Å². The van der Waals surface area contributed by atoms with E-state index in [2.05, 4.69) is 58.2 Å². The summed E-state index contributed by atoms with van der Waals surface area (Å²) >= 11 is 2.16. The van der Waals surface area contributed by atoms with Gasteiger partial charge in [0.25, 0.3) is 5.56 Å². The highest BCUT2D eigenvalue weighted by atomic mass is 127. The maximum atomic E-state index is 12.4. The second kappa shape index (κ2) is 5.81. The van der Waals surface area contributed by atoms with Crippen molar-refractivity contribution in [3.63, 3.8) is 0 Å². The van der Waals surface area contributed by atoms with Crippen LogP contribution in [0.5, 0.6) is 0 Å². The highest BCUT2D eigenvalue weighted by Crippen LogP contribution is 2.21. The molecule has 3 heterocycles. The minimum absolute atomic E-state index is 0.00588. The van der Waals surface area contributed by atoms with Crippen molar-refractivity contribution in [2.24, 2.45) is 0 Å².